The van der Waals surface area contributed by atoms with E-state index in [9.17, 15) is 0 Å². The van der Waals surface area contributed by atoms with Gasteiger partial charge in [-0.1, -0.05) is 6.08 Å². The van der Waals surface area contributed by atoms with E-state index < -0.39 is 0 Å². The molecule has 1 aliphatic heterocycles. The molecule has 12 heavy (non-hydrogen) atoms. The second-order valence-corrected chi connectivity index (χ2v) is 3.66. The van der Waals surface area contributed by atoms with Crippen molar-refractivity contribution in [3.05, 3.63) is 12.2 Å². The molecule has 0 aromatic rings. The van der Waals surface area contributed by atoms with E-state index in [-0.39, 0.29) is 6.10 Å². The van der Waals surface area contributed by atoms with Crippen molar-refractivity contribution in [2.45, 2.75) is 25.9 Å². The van der Waals surface area contributed by atoms with Crippen LogP contribution in [0.4, 0.5) is 0 Å². The van der Waals surface area contributed by atoms with Crippen molar-refractivity contribution in [2.24, 2.45) is 10.9 Å². The maximum atomic E-state index is 5.66. The molecule has 0 spiro atoms. The monoisotopic (exact) mass is 165 g/mol. The molecule has 1 aliphatic carbocycles. The van der Waals surface area contributed by atoms with Crippen LogP contribution in [0.2, 0.25) is 0 Å². The first kappa shape index (κ1) is 7.99. The zero-order valence-electron chi connectivity index (χ0n) is 7.49. The summed E-state index contributed by atoms with van der Waals surface area (Å²) in [6, 6.07) is 0. The molecule has 1 saturated carbocycles. The van der Waals surface area contributed by atoms with Crippen LogP contribution in [-0.2, 0) is 4.74 Å². The quantitative estimate of drug-likeness (QED) is 0.625. The number of hydrogen-bond donors (Lipinski definition) is 0. The van der Waals surface area contributed by atoms with Gasteiger partial charge in [0.25, 0.3) is 0 Å². The van der Waals surface area contributed by atoms with E-state index in [1.807, 2.05) is 13.0 Å². The molecule has 0 N–H and O–H groups in total. The molecule has 66 valence electrons. The molecule has 1 unspecified atom stereocenters. The van der Waals surface area contributed by atoms with Crippen LogP contribution in [0.5, 0.6) is 0 Å². The van der Waals surface area contributed by atoms with Crippen molar-refractivity contribution in [3.8, 4) is 0 Å². The van der Waals surface area contributed by atoms with Gasteiger partial charge in [-0.25, -0.2) is 0 Å². The molecular formula is C10H15NO. The van der Waals surface area contributed by atoms with Crippen LogP contribution in [0.15, 0.2) is 17.1 Å². The van der Waals surface area contributed by atoms with E-state index in [1.165, 1.54) is 12.8 Å². The molecule has 0 amide bonds. The highest BCUT2D eigenvalue weighted by Gasteiger charge is 2.22. The number of allylic oxidation sites excluding steroid dienone is 1. The summed E-state index contributed by atoms with van der Waals surface area (Å²) in [7, 11) is 0. The van der Waals surface area contributed by atoms with Crippen LogP contribution in [-0.4, -0.2) is 25.0 Å². The lowest BCUT2D eigenvalue weighted by molar-refractivity contribution is 0.0819. The Hall–Kier alpha value is -0.630. The Morgan fingerprint density at radius 3 is 3.00 bits per heavy atom. The summed E-state index contributed by atoms with van der Waals surface area (Å²) >= 11 is 0. The number of rotatable bonds is 3. The predicted octanol–water partition coefficient (Wildman–Crippen LogP) is 1.81. The number of dihydropyridines is 1. The van der Waals surface area contributed by atoms with Crippen molar-refractivity contribution < 1.29 is 4.74 Å². The molecular weight excluding hydrogens is 150 g/mol. The molecule has 0 saturated heterocycles. The summed E-state index contributed by atoms with van der Waals surface area (Å²) in [5, 5.41) is 0. The first-order chi connectivity index (χ1) is 5.84. The van der Waals surface area contributed by atoms with Crippen molar-refractivity contribution in [1.82, 2.24) is 0 Å². The minimum Gasteiger partial charge on any atom is -0.372 e. The van der Waals surface area contributed by atoms with Gasteiger partial charge in [0.2, 0.25) is 0 Å². The zero-order valence-corrected chi connectivity index (χ0v) is 7.49. The van der Waals surface area contributed by atoms with E-state index in [1.54, 1.807) is 0 Å². The van der Waals surface area contributed by atoms with Gasteiger partial charge in [0.05, 0.1) is 19.3 Å². The standard InChI is InChI=1S/C10H15NO/c1-8-2-5-10(6-11-8)12-7-9-3-4-9/h2,5,9-10H,3-4,6-7H2,1H3. The predicted molar refractivity (Wildman–Crippen MR) is 49.6 cm³/mol. The summed E-state index contributed by atoms with van der Waals surface area (Å²) in [6.07, 6.45) is 7.12. The van der Waals surface area contributed by atoms with E-state index in [0.29, 0.717) is 0 Å². The smallest absolute Gasteiger partial charge is 0.0954 e. The van der Waals surface area contributed by atoms with Crippen LogP contribution in [0, 0.1) is 5.92 Å². The summed E-state index contributed by atoms with van der Waals surface area (Å²) in [5.74, 6) is 0.852. The Morgan fingerprint density at radius 1 is 1.58 bits per heavy atom. The fourth-order valence-electron chi connectivity index (χ4n) is 1.25. The maximum Gasteiger partial charge on any atom is 0.0954 e. The molecule has 1 fully saturated rings. The summed E-state index contributed by atoms with van der Waals surface area (Å²) in [5.41, 5.74) is 1.11. The highest BCUT2D eigenvalue weighted by molar-refractivity contribution is 5.93. The van der Waals surface area contributed by atoms with E-state index in [0.717, 1.165) is 24.8 Å². The Morgan fingerprint density at radius 2 is 2.42 bits per heavy atom. The van der Waals surface area contributed by atoms with Gasteiger partial charge in [-0.2, -0.15) is 0 Å². The number of nitrogens with zero attached hydrogens (tertiary/aromatic N) is 1. The molecule has 0 radical (unpaired) electrons. The minimum absolute atomic E-state index is 0.245. The maximum absolute atomic E-state index is 5.66. The number of ether oxygens (including phenoxy) is 1. The van der Waals surface area contributed by atoms with Gasteiger partial charge in [0, 0.05) is 5.71 Å². The lowest BCUT2D eigenvalue weighted by Crippen LogP contribution is -2.19. The largest absolute Gasteiger partial charge is 0.372 e. The van der Waals surface area contributed by atoms with Crippen LogP contribution in [0.3, 0.4) is 0 Å². The second kappa shape index (κ2) is 3.40. The Labute approximate surface area is 73.3 Å². The number of aliphatic imine (C=N–C) groups is 1. The van der Waals surface area contributed by atoms with Crippen LogP contribution in [0.25, 0.3) is 0 Å². The fourth-order valence-corrected chi connectivity index (χ4v) is 1.25. The molecule has 2 rings (SSSR count). The van der Waals surface area contributed by atoms with Crippen LogP contribution in [0.1, 0.15) is 19.8 Å². The lowest BCUT2D eigenvalue weighted by atomic mass is 10.2. The third-order valence-corrected chi connectivity index (χ3v) is 2.32. The van der Waals surface area contributed by atoms with E-state index >= 15 is 0 Å². The van der Waals surface area contributed by atoms with Crippen molar-refractivity contribution in [1.29, 1.82) is 0 Å². The van der Waals surface area contributed by atoms with Crippen LogP contribution < -0.4 is 0 Å². The minimum atomic E-state index is 0.245. The molecule has 2 heteroatoms. The summed E-state index contributed by atoms with van der Waals surface area (Å²) in [4.78, 5) is 4.31. The molecule has 0 aromatic heterocycles. The number of hydrogen-bond acceptors (Lipinski definition) is 2. The molecule has 0 bridgehead atoms. The fraction of sp³-hybridized carbons (Fsp3) is 0.700. The molecule has 0 aromatic carbocycles. The van der Waals surface area contributed by atoms with Crippen molar-refractivity contribution >= 4 is 5.71 Å². The molecule has 2 aliphatic rings. The van der Waals surface area contributed by atoms with E-state index in [2.05, 4.69) is 11.1 Å². The van der Waals surface area contributed by atoms with Gasteiger partial charge in [0.1, 0.15) is 0 Å². The highest BCUT2D eigenvalue weighted by atomic mass is 16.5. The molecule has 2 nitrogen and oxygen atoms in total. The summed E-state index contributed by atoms with van der Waals surface area (Å²) < 4.78 is 5.66. The zero-order chi connectivity index (χ0) is 8.39. The lowest BCUT2D eigenvalue weighted by Gasteiger charge is -2.14. The van der Waals surface area contributed by atoms with Crippen molar-refractivity contribution in [3.63, 3.8) is 0 Å². The van der Waals surface area contributed by atoms with Gasteiger partial charge >= 0.3 is 0 Å². The normalized spacial score (nSPS) is 28.8. The first-order valence-electron chi connectivity index (χ1n) is 4.65. The van der Waals surface area contributed by atoms with Gasteiger partial charge in [-0.05, 0) is 31.8 Å². The first-order valence-corrected chi connectivity index (χ1v) is 4.65. The van der Waals surface area contributed by atoms with Gasteiger partial charge in [0.15, 0.2) is 0 Å². The third kappa shape index (κ3) is 2.18. The highest BCUT2D eigenvalue weighted by Crippen LogP contribution is 2.29. The van der Waals surface area contributed by atoms with Crippen molar-refractivity contribution in [2.75, 3.05) is 13.2 Å². The van der Waals surface area contributed by atoms with E-state index in [4.69, 9.17) is 4.74 Å². The topological polar surface area (TPSA) is 21.6 Å². The summed E-state index contributed by atoms with van der Waals surface area (Å²) in [6.45, 7) is 3.77. The molecule has 1 atom stereocenters. The average Bonchev–Trinajstić information content (AvgIpc) is 2.87. The van der Waals surface area contributed by atoms with Gasteiger partial charge in [-0.3, -0.25) is 4.99 Å². The average molecular weight is 165 g/mol. The Balaban J connectivity index is 1.72. The molecule has 1 heterocycles. The van der Waals surface area contributed by atoms with Gasteiger partial charge in [-0.15, -0.1) is 0 Å². The SMILES string of the molecule is CC1=NCC(OCC2CC2)C=C1. The second-order valence-electron chi connectivity index (χ2n) is 3.66. The van der Waals surface area contributed by atoms with Gasteiger partial charge < -0.3 is 4.74 Å². The Kier molecular flexibility index (Phi) is 2.26. The van der Waals surface area contributed by atoms with Crippen LogP contribution >= 0.6 is 0 Å². The Bertz CT molecular complexity index is 216. The third-order valence-electron chi connectivity index (χ3n) is 2.32.